The van der Waals surface area contributed by atoms with Gasteiger partial charge in [-0.25, -0.2) is 0 Å². The molecule has 1 heterocycles. The molecule has 0 radical (unpaired) electrons. The average Bonchev–Trinajstić information content (AvgIpc) is 0.812. The van der Waals surface area contributed by atoms with Crippen molar-refractivity contribution in [2.45, 2.75) is 504 Å². The lowest BCUT2D eigenvalue weighted by atomic mass is 9.89. The summed E-state index contributed by atoms with van der Waals surface area (Å²) in [7, 11) is 0. The van der Waals surface area contributed by atoms with Crippen LogP contribution in [0.15, 0.2) is 54.6 Å². The number of unbranched alkanes of at least 4 members (excludes halogenated alkanes) is 60. The molecule has 0 unspecified atom stereocenters. The molecule has 104 heavy (non-hydrogen) atoms. The van der Waals surface area contributed by atoms with Gasteiger partial charge in [0.25, 0.3) is 0 Å². The van der Waals surface area contributed by atoms with Gasteiger partial charge in [0.1, 0.15) is 0 Å². The smallest absolute Gasteiger partial charge is 0.232 e. The van der Waals surface area contributed by atoms with Crippen LogP contribution in [0.25, 0.3) is 11.4 Å². The van der Waals surface area contributed by atoms with Gasteiger partial charge in [-0.15, -0.1) is 0 Å². The zero-order chi connectivity index (χ0) is 73.7. The van der Waals surface area contributed by atoms with Crippen LogP contribution in [0.2, 0.25) is 0 Å². The highest BCUT2D eigenvalue weighted by Crippen LogP contribution is 2.33. The third-order valence-electron chi connectivity index (χ3n) is 23.3. The monoisotopic (exact) mass is 1430 g/mol. The minimum Gasteiger partial charge on any atom is -0.324 e. The summed E-state index contributed by atoms with van der Waals surface area (Å²) in [6.45, 7) is 14.0. The summed E-state index contributed by atoms with van der Waals surface area (Å²) in [4.78, 5) is 16.1. The molecule has 5 heteroatoms. The lowest BCUT2D eigenvalue weighted by Gasteiger charge is -2.20. The first kappa shape index (κ1) is 92.7. The third-order valence-corrected chi connectivity index (χ3v) is 23.3. The highest BCUT2D eigenvalue weighted by molar-refractivity contribution is 5.66. The molecule has 0 spiro atoms. The summed E-state index contributed by atoms with van der Waals surface area (Å²) >= 11 is 0. The van der Waals surface area contributed by atoms with Crippen molar-refractivity contribution in [3.63, 3.8) is 0 Å². The topological polar surface area (TPSA) is 62.7 Å². The van der Waals surface area contributed by atoms with E-state index in [4.69, 9.17) is 15.0 Å². The largest absolute Gasteiger partial charge is 0.324 e. The van der Waals surface area contributed by atoms with Crippen molar-refractivity contribution in [1.29, 1.82) is 0 Å². The van der Waals surface area contributed by atoms with Gasteiger partial charge in [0.05, 0.1) is 0 Å². The average molecular weight is 1430 g/mol. The van der Waals surface area contributed by atoms with E-state index in [1.165, 1.54) is 437 Å². The Bertz CT molecular complexity index is 2270. The fourth-order valence-electron chi connectivity index (χ4n) is 16.6. The van der Waals surface area contributed by atoms with Crippen LogP contribution in [0.5, 0.6) is 0 Å². The molecule has 0 amide bonds. The van der Waals surface area contributed by atoms with Crippen LogP contribution < -0.4 is 10.6 Å². The molecule has 0 atom stereocenters. The van der Waals surface area contributed by atoms with Gasteiger partial charge < -0.3 is 10.6 Å². The van der Waals surface area contributed by atoms with Gasteiger partial charge in [-0.2, -0.15) is 15.0 Å². The van der Waals surface area contributed by atoms with Crippen LogP contribution >= 0.6 is 0 Å². The third kappa shape index (κ3) is 48.6. The zero-order valence-corrected chi connectivity index (χ0v) is 70.4. The number of nitrogens with one attached hydrogen (secondary N) is 2. The molecule has 3 aromatic carbocycles. The van der Waals surface area contributed by atoms with Crippen molar-refractivity contribution in [1.82, 2.24) is 15.0 Å². The lowest BCUT2D eigenvalue weighted by molar-refractivity contribution is 0.545. The van der Waals surface area contributed by atoms with E-state index in [1.54, 1.807) is 33.4 Å². The molecule has 0 aliphatic heterocycles. The quantitative estimate of drug-likeness (QED) is 0.0431. The summed E-state index contributed by atoms with van der Waals surface area (Å²) < 4.78 is 0. The second-order valence-corrected chi connectivity index (χ2v) is 33.2. The molecule has 0 aliphatic rings. The van der Waals surface area contributed by atoms with Crippen LogP contribution in [0.1, 0.15) is 499 Å². The maximum atomic E-state index is 5.41. The first-order chi connectivity index (χ1) is 51.5. The molecular formula is C99H173N5. The Morgan fingerprint density at radius 3 is 0.587 bits per heavy atom. The summed E-state index contributed by atoms with van der Waals surface area (Å²) in [6, 6.07) is 20.9. The fourth-order valence-corrected chi connectivity index (χ4v) is 16.6. The summed E-state index contributed by atoms with van der Waals surface area (Å²) in [6.07, 6.45) is 98.1. The number of hydrogen-bond acceptors (Lipinski definition) is 5. The Labute approximate surface area is 648 Å². The standard InChI is InChI=1S/C99H173N5/c1-7-13-19-25-31-37-43-49-55-61-68-78-89-84-93(85-90(79-69-62-56-50-44-38-32-26-20-14-8-2)95(89)82-74-65-59-53-47-41-35-29-23-17-11-5)100-98-102-97(88-76-72-67-73-77-88)103-99(104-98)101-94-86-91(80-70-63-57-51-45-39-33-27-21-15-9-3)96(83-75-66-60-54-48-42-36-30-24-18-12-6)92(87-94)81-71-64-58-52-46-40-34-28-22-16-10-4/h67,72-73,76-77,84-87H,7-66,68-71,74-75,78-83H2,1-6H3,(H2,100,101,102,103,104). The fraction of sp³-hybridized carbons (Fsp3) is 0.788. The Morgan fingerprint density at radius 1 is 0.202 bits per heavy atom. The maximum absolute atomic E-state index is 5.41. The van der Waals surface area contributed by atoms with Gasteiger partial charge in [-0.1, -0.05) is 457 Å². The van der Waals surface area contributed by atoms with Crippen molar-refractivity contribution in [3.05, 3.63) is 88.0 Å². The number of nitrogens with zero attached hydrogens (tertiary/aromatic N) is 3. The van der Waals surface area contributed by atoms with E-state index in [-0.39, 0.29) is 0 Å². The van der Waals surface area contributed by atoms with Crippen LogP contribution in [0.3, 0.4) is 0 Å². The minimum absolute atomic E-state index is 0.635. The predicted molar refractivity (Wildman–Crippen MR) is 466 cm³/mol. The van der Waals surface area contributed by atoms with Crippen LogP contribution in [0.4, 0.5) is 23.3 Å². The predicted octanol–water partition coefficient (Wildman–Crippen LogP) is 34.1. The number of rotatable bonds is 77. The Morgan fingerprint density at radius 2 is 0.385 bits per heavy atom. The number of aromatic nitrogens is 3. The minimum atomic E-state index is 0.635. The van der Waals surface area contributed by atoms with Crippen molar-refractivity contribution in [2.24, 2.45) is 0 Å². The second kappa shape index (κ2) is 68.5. The van der Waals surface area contributed by atoms with Crippen molar-refractivity contribution < 1.29 is 0 Å². The zero-order valence-electron chi connectivity index (χ0n) is 70.4. The number of hydrogen-bond donors (Lipinski definition) is 2. The highest BCUT2D eigenvalue weighted by Gasteiger charge is 2.18. The number of aryl methyl sites for hydroxylation is 4. The van der Waals surface area contributed by atoms with E-state index in [1.807, 2.05) is 0 Å². The van der Waals surface area contributed by atoms with Crippen molar-refractivity contribution in [3.8, 4) is 11.4 Å². The first-order valence-corrected chi connectivity index (χ1v) is 47.2. The molecule has 2 N–H and O–H groups in total. The summed E-state index contributed by atoms with van der Waals surface area (Å²) in [5.74, 6) is 1.99. The molecule has 0 bridgehead atoms. The highest BCUT2D eigenvalue weighted by atomic mass is 15.2. The number of benzene rings is 3. The van der Waals surface area contributed by atoms with Crippen LogP contribution in [-0.2, 0) is 38.5 Å². The molecule has 0 aliphatic carbocycles. The van der Waals surface area contributed by atoms with Gasteiger partial charge in [-0.05, 0) is 135 Å². The Kier molecular flexibility index (Phi) is 61.1. The molecule has 5 nitrogen and oxygen atoms in total. The molecule has 0 fully saturated rings. The van der Waals surface area contributed by atoms with E-state index in [0.717, 1.165) is 48.4 Å². The molecule has 4 rings (SSSR count). The van der Waals surface area contributed by atoms with Gasteiger partial charge >= 0.3 is 0 Å². The van der Waals surface area contributed by atoms with Gasteiger partial charge in [-0.3, -0.25) is 0 Å². The van der Waals surface area contributed by atoms with E-state index >= 15 is 0 Å². The summed E-state index contributed by atoms with van der Waals surface area (Å²) in [5.41, 5.74) is 13.0. The molecule has 0 saturated heterocycles. The van der Waals surface area contributed by atoms with Gasteiger partial charge in [0.15, 0.2) is 5.82 Å². The van der Waals surface area contributed by atoms with Gasteiger partial charge in [0, 0.05) is 16.9 Å². The van der Waals surface area contributed by atoms with Crippen LogP contribution in [0, 0.1) is 0 Å². The van der Waals surface area contributed by atoms with Gasteiger partial charge in [0.2, 0.25) is 11.9 Å². The molecule has 0 saturated carbocycles. The normalized spacial score (nSPS) is 11.6. The van der Waals surface area contributed by atoms with E-state index in [9.17, 15) is 0 Å². The second-order valence-electron chi connectivity index (χ2n) is 33.2. The lowest BCUT2D eigenvalue weighted by Crippen LogP contribution is -2.09. The maximum Gasteiger partial charge on any atom is 0.232 e. The number of anilines is 4. The summed E-state index contributed by atoms with van der Waals surface area (Å²) in [5, 5.41) is 7.92. The Hall–Kier alpha value is -3.73. The van der Waals surface area contributed by atoms with Crippen LogP contribution in [-0.4, -0.2) is 15.0 Å². The SMILES string of the molecule is CCCCCCCCCCCCCc1cc(Nc2nc(Nc3cc(CCCCCCCCCCCCC)c(CCCCCCCCCCCCC)c(CCCCCCCCCCCCC)c3)nc(-c3ccccc3)n2)cc(CCCCCCCCCCCCC)c1CCCCCCCCCCCCC. The van der Waals surface area contributed by atoms with Crippen molar-refractivity contribution >= 4 is 23.3 Å². The molecular weight excluding hydrogens is 1260 g/mol. The molecule has 4 aromatic rings. The Balaban J connectivity index is 1.71. The van der Waals surface area contributed by atoms with E-state index in [2.05, 4.69) is 107 Å². The molecule has 594 valence electrons. The van der Waals surface area contributed by atoms with E-state index < -0.39 is 0 Å². The van der Waals surface area contributed by atoms with Crippen molar-refractivity contribution in [2.75, 3.05) is 10.6 Å². The first-order valence-electron chi connectivity index (χ1n) is 47.2. The molecule has 1 aromatic heterocycles. The van der Waals surface area contributed by atoms with E-state index in [0.29, 0.717) is 11.9 Å².